The lowest BCUT2D eigenvalue weighted by Gasteiger charge is -2.32. The molecule has 6 nitrogen and oxygen atoms in total. The Kier molecular flexibility index (Phi) is 7.60. The first-order valence-electron chi connectivity index (χ1n) is 7.86. The van der Waals surface area contributed by atoms with Gasteiger partial charge in [-0.05, 0) is 25.8 Å². The number of amides is 1. The van der Waals surface area contributed by atoms with Crippen molar-refractivity contribution >= 4 is 35.6 Å². The molecule has 5 N–H and O–H groups in total. The summed E-state index contributed by atoms with van der Waals surface area (Å²) < 4.78 is 5.60. The van der Waals surface area contributed by atoms with Crippen molar-refractivity contribution in [3.05, 3.63) is 22.2 Å². The van der Waals surface area contributed by atoms with E-state index in [2.05, 4.69) is 10.2 Å². The zero-order chi connectivity index (χ0) is 15.7. The average molecular weight is 378 g/mol. The van der Waals surface area contributed by atoms with Gasteiger partial charge in [-0.3, -0.25) is 9.69 Å². The highest BCUT2D eigenvalue weighted by Crippen LogP contribution is 2.38. The molecule has 0 spiro atoms. The van der Waals surface area contributed by atoms with Crippen LogP contribution in [0.25, 0.3) is 0 Å². The van der Waals surface area contributed by atoms with E-state index in [9.17, 15) is 4.79 Å². The molecule has 1 saturated heterocycles. The van der Waals surface area contributed by atoms with Gasteiger partial charge in [0.2, 0.25) is 0 Å². The molecule has 0 bridgehead atoms. The topological polar surface area (TPSA) is 99.1 Å². The minimum absolute atomic E-state index is 0. The molecule has 2 heterocycles. The molecule has 1 unspecified atom stereocenters. The van der Waals surface area contributed by atoms with Crippen LogP contribution in [-0.4, -0.2) is 42.1 Å². The lowest BCUT2D eigenvalue weighted by molar-refractivity contribution is 0.0836. The summed E-state index contributed by atoms with van der Waals surface area (Å²) in [5.41, 5.74) is 7.82. The van der Waals surface area contributed by atoms with E-state index in [4.69, 9.17) is 22.1 Å². The van der Waals surface area contributed by atoms with Gasteiger partial charge in [0, 0.05) is 25.1 Å². The predicted molar refractivity (Wildman–Crippen MR) is 98.3 cm³/mol. The highest BCUT2D eigenvalue weighted by atomic mass is 35.5. The summed E-state index contributed by atoms with van der Waals surface area (Å²) >= 11 is 6.16. The molecule has 24 heavy (non-hydrogen) atoms. The van der Waals surface area contributed by atoms with Crippen LogP contribution in [0.1, 0.15) is 42.1 Å². The van der Waals surface area contributed by atoms with Crippen LogP contribution in [0.4, 0.5) is 5.69 Å². The molecule has 0 radical (unpaired) electrons. The fourth-order valence-corrected chi connectivity index (χ4v) is 3.42. The maximum atomic E-state index is 12.6. The number of nitrogen functional groups attached to an aromatic ring is 1. The van der Waals surface area contributed by atoms with E-state index in [1.165, 1.54) is 19.3 Å². The van der Waals surface area contributed by atoms with E-state index in [0.29, 0.717) is 35.1 Å². The molecule has 0 aliphatic carbocycles. The van der Waals surface area contributed by atoms with Crippen molar-refractivity contribution in [3.63, 3.8) is 0 Å². The minimum atomic E-state index is -0.155. The highest BCUT2D eigenvalue weighted by Gasteiger charge is 2.27. The smallest absolute Gasteiger partial charge is 0.256 e. The number of rotatable bonds is 3. The summed E-state index contributed by atoms with van der Waals surface area (Å²) in [4.78, 5) is 14.9. The molecule has 0 saturated carbocycles. The third-order valence-electron chi connectivity index (χ3n) is 4.49. The van der Waals surface area contributed by atoms with Gasteiger partial charge in [0.25, 0.3) is 5.91 Å². The maximum Gasteiger partial charge on any atom is 0.256 e. The lowest BCUT2D eigenvalue weighted by Crippen LogP contribution is -2.48. The number of nitrogens with zero attached hydrogens (tertiary/aromatic N) is 1. The summed E-state index contributed by atoms with van der Waals surface area (Å²) in [6, 6.07) is 1.61. The van der Waals surface area contributed by atoms with Crippen molar-refractivity contribution in [3.8, 4) is 5.75 Å². The van der Waals surface area contributed by atoms with E-state index in [1.807, 2.05) is 6.92 Å². The lowest BCUT2D eigenvalue weighted by atomic mass is 10.0. The molecular formula is C16H25Cl2N3O3. The van der Waals surface area contributed by atoms with Gasteiger partial charge in [0.1, 0.15) is 5.75 Å². The van der Waals surface area contributed by atoms with Gasteiger partial charge < -0.3 is 21.3 Å². The van der Waals surface area contributed by atoms with Crippen LogP contribution in [0, 0.1) is 0 Å². The number of carbonyl (C=O) groups is 1. The number of piperidine rings is 1. The maximum absolute atomic E-state index is 12.6. The number of fused-ring (bicyclic) bond motifs is 1. The summed E-state index contributed by atoms with van der Waals surface area (Å²) in [5, 5.41) is 3.47. The van der Waals surface area contributed by atoms with Crippen LogP contribution >= 0.6 is 24.0 Å². The predicted octanol–water partition coefficient (Wildman–Crippen LogP) is 2.02. The molecule has 1 atom stereocenters. The van der Waals surface area contributed by atoms with E-state index in [1.54, 1.807) is 6.07 Å². The molecule has 1 aromatic carbocycles. The quantitative estimate of drug-likeness (QED) is 0.786. The Balaban J connectivity index is 0.00000144. The third kappa shape index (κ3) is 4.06. The zero-order valence-electron chi connectivity index (χ0n) is 13.7. The van der Waals surface area contributed by atoms with Gasteiger partial charge in [0.05, 0.1) is 29.0 Å². The number of carbonyl (C=O) groups excluding carboxylic acids is 1. The van der Waals surface area contributed by atoms with Crippen molar-refractivity contribution in [2.75, 3.05) is 25.4 Å². The number of likely N-dealkylation sites (tertiary alicyclic amines) is 1. The zero-order valence-corrected chi connectivity index (χ0v) is 15.3. The van der Waals surface area contributed by atoms with Gasteiger partial charge in [0.15, 0.2) is 0 Å². The van der Waals surface area contributed by atoms with Crippen molar-refractivity contribution in [2.45, 2.75) is 38.8 Å². The summed E-state index contributed by atoms with van der Waals surface area (Å²) in [5.74, 6) is 0.434. The second-order valence-electron chi connectivity index (χ2n) is 5.97. The molecular weight excluding hydrogens is 353 g/mol. The Labute approximate surface area is 153 Å². The molecule has 136 valence electrons. The first kappa shape index (κ1) is 20.8. The van der Waals surface area contributed by atoms with Gasteiger partial charge in [-0.1, -0.05) is 18.0 Å². The Morgan fingerprint density at radius 3 is 2.71 bits per heavy atom. The van der Waals surface area contributed by atoms with Crippen LogP contribution in [0.5, 0.6) is 5.75 Å². The van der Waals surface area contributed by atoms with E-state index < -0.39 is 0 Å². The van der Waals surface area contributed by atoms with Gasteiger partial charge in [-0.2, -0.15) is 0 Å². The largest absolute Gasteiger partial charge is 0.492 e. The number of hydrogen-bond acceptors (Lipinski definition) is 4. The first-order chi connectivity index (χ1) is 10.6. The average Bonchev–Trinajstić information content (AvgIpc) is 3.01. The summed E-state index contributed by atoms with van der Waals surface area (Å²) in [6.07, 6.45) is 4.34. The van der Waals surface area contributed by atoms with Crippen molar-refractivity contribution in [2.24, 2.45) is 0 Å². The molecule has 1 aromatic rings. The van der Waals surface area contributed by atoms with Crippen LogP contribution in [0.3, 0.4) is 0 Å². The molecule has 1 amide bonds. The molecule has 0 aromatic heterocycles. The van der Waals surface area contributed by atoms with Crippen LogP contribution in [0.2, 0.25) is 5.02 Å². The van der Waals surface area contributed by atoms with Crippen molar-refractivity contribution in [1.82, 2.24) is 10.2 Å². The Hall–Kier alpha value is -1.21. The highest BCUT2D eigenvalue weighted by molar-refractivity contribution is 6.33. The van der Waals surface area contributed by atoms with E-state index in [0.717, 1.165) is 18.7 Å². The number of nitrogens with two attached hydrogens (primary N) is 1. The van der Waals surface area contributed by atoms with Gasteiger partial charge in [-0.25, -0.2) is 0 Å². The fourth-order valence-electron chi connectivity index (χ4n) is 3.20. The standard InChI is InChI=1S/C16H22ClN3O2.ClH.H2O/c1-10(20-6-3-2-4-7-20)19-16(21)12-9-13(17)14(18)11-5-8-22-15(11)12;;/h9-10H,2-8,18H2,1H3,(H,19,21);1H;1H2. The number of ether oxygens (including phenoxy) is 1. The van der Waals surface area contributed by atoms with Crippen LogP contribution in [0.15, 0.2) is 6.07 Å². The first-order valence-corrected chi connectivity index (χ1v) is 8.24. The molecule has 8 heteroatoms. The second-order valence-corrected chi connectivity index (χ2v) is 6.38. The van der Waals surface area contributed by atoms with Crippen LogP contribution in [-0.2, 0) is 6.42 Å². The van der Waals surface area contributed by atoms with E-state index >= 15 is 0 Å². The molecule has 2 aliphatic heterocycles. The Morgan fingerprint density at radius 2 is 2.04 bits per heavy atom. The van der Waals surface area contributed by atoms with Gasteiger partial charge in [-0.15, -0.1) is 12.4 Å². The second kappa shape index (κ2) is 8.76. The molecule has 2 aliphatic rings. The third-order valence-corrected chi connectivity index (χ3v) is 4.81. The number of hydrogen-bond donors (Lipinski definition) is 2. The molecule has 3 rings (SSSR count). The number of anilines is 1. The normalized spacial score (nSPS) is 17.8. The number of benzene rings is 1. The molecule has 1 fully saturated rings. The monoisotopic (exact) mass is 377 g/mol. The van der Waals surface area contributed by atoms with Gasteiger partial charge >= 0.3 is 0 Å². The SMILES string of the molecule is CC(NC(=O)c1cc(Cl)c(N)c2c1OCC2)N1CCCCC1.Cl.O. The fraction of sp³-hybridized carbons (Fsp3) is 0.562. The summed E-state index contributed by atoms with van der Waals surface area (Å²) in [6.45, 7) is 4.61. The Morgan fingerprint density at radius 1 is 1.38 bits per heavy atom. The van der Waals surface area contributed by atoms with Crippen molar-refractivity contribution in [1.29, 1.82) is 0 Å². The Bertz CT molecular complexity index is 592. The van der Waals surface area contributed by atoms with Crippen molar-refractivity contribution < 1.29 is 15.0 Å². The summed E-state index contributed by atoms with van der Waals surface area (Å²) in [7, 11) is 0. The van der Waals surface area contributed by atoms with Crippen LogP contribution < -0.4 is 15.8 Å². The van der Waals surface area contributed by atoms with E-state index in [-0.39, 0.29) is 30.0 Å². The number of nitrogens with one attached hydrogen (secondary N) is 1. The number of halogens is 2. The minimum Gasteiger partial charge on any atom is -0.492 e.